The van der Waals surface area contributed by atoms with Crippen molar-refractivity contribution in [2.24, 2.45) is 7.05 Å². The third-order valence-electron chi connectivity index (χ3n) is 6.39. The zero-order valence-corrected chi connectivity index (χ0v) is 20.3. The van der Waals surface area contributed by atoms with Gasteiger partial charge in [0, 0.05) is 58.9 Å². The molecular weight excluding hydrogens is 448 g/mol. The van der Waals surface area contributed by atoms with Crippen LogP contribution in [0.5, 0.6) is 0 Å². The Morgan fingerprint density at radius 3 is 2.47 bits per heavy atom. The van der Waals surface area contributed by atoms with E-state index in [9.17, 15) is 9.59 Å². The number of carbonyl (C=O) groups excluding carboxylic acids is 2. The van der Waals surface area contributed by atoms with Crippen molar-refractivity contribution in [3.63, 3.8) is 0 Å². The van der Waals surface area contributed by atoms with E-state index in [-0.39, 0.29) is 17.5 Å². The molecule has 3 aromatic carbocycles. The molecule has 0 radical (unpaired) electrons. The van der Waals surface area contributed by atoms with Crippen LogP contribution in [-0.2, 0) is 18.3 Å². The lowest BCUT2D eigenvalue weighted by molar-refractivity contribution is -0.117. The summed E-state index contributed by atoms with van der Waals surface area (Å²) in [6.07, 6.45) is 6.35. The molecule has 6 heteroatoms. The maximum absolute atomic E-state index is 13.3. The number of aromatic nitrogens is 2. The Balaban J connectivity index is 1.39. The highest BCUT2D eigenvalue weighted by molar-refractivity contribution is 6.06. The molecule has 180 valence electrons. The molecule has 36 heavy (non-hydrogen) atoms. The Kier molecular flexibility index (Phi) is 6.41. The number of nitrogens with zero attached hydrogens (tertiary/aromatic N) is 1. The lowest BCUT2D eigenvalue weighted by Gasteiger charge is -2.11. The highest BCUT2D eigenvalue weighted by Crippen LogP contribution is 2.23. The predicted molar refractivity (Wildman–Crippen MR) is 145 cm³/mol. The Hall–Kier alpha value is -4.58. The summed E-state index contributed by atoms with van der Waals surface area (Å²) in [6.45, 7) is 2.41. The molecule has 0 saturated carbocycles. The first kappa shape index (κ1) is 23.2. The van der Waals surface area contributed by atoms with Crippen molar-refractivity contribution >= 4 is 39.7 Å². The van der Waals surface area contributed by atoms with Crippen LogP contribution in [0.25, 0.3) is 27.9 Å². The fourth-order valence-corrected chi connectivity index (χ4v) is 4.45. The second-order valence-corrected chi connectivity index (χ2v) is 8.96. The van der Waals surface area contributed by atoms with Crippen molar-refractivity contribution < 1.29 is 9.59 Å². The normalized spacial score (nSPS) is 11.7. The minimum atomic E-state index is -0.330. The molecule has 0 atom stereocenters. The second kappa shape index (κ2) is 9.96. The molecular formula is C30H28N4O2. The van der Waals surface area contributed by atoms with Crippen LogP contribution in [0.3, 0.4) is 0 Å². The molecule has 0 bridgehead atoms. The standard InChI is InChI=1S/C30H28N4O2/c1-20-11-13-21(14-12-20)29(35)33-27(17-23-19-34(2)28-10-6-4-8-25(23)28)30(36)31-16-15-22-18-32-26-9-5-3-7-24(22)26/h3-14,17-19,32H,15-16H2,1-2H3,(H,31,36)(H,33,35). The van der Waals surface area contributed by atoms with Crippen molar-refractivity contribution in [1.82, 2.24) is 20.2 Å². The van der Waals surface area contributed by atoms with Gasteiger partial charge in [-0.05, 0) is 49.2 Å². The van der Waals surface area contributed by atoms with Gasteiger partial charge in [-0.25, -0.2) is 0 Å². The van der Waals surface area contributed by atoms with E-state index in [2.05, 4.69) is 21.7 Å². The van der Waals surface area contributed by atoms with E-state index in [1.54, 1.807) is 18.2 Å². The third-order valence-corrected chi connectivity index (χ3v) is 6.39. The molecule has 5 aromatic rings. The Labute approximate surface area is 209 Å². The number of nitrogens with one attached hydrogen (secondary N) is 3. The Bertz CT molecular complexity index is 1590. The first-order valence-electron chi connectivity index (χ1n) is 12.0. The summed E-state index contributed by atoms with van der Waals surface area (Å²) in [6, 6.07) is 23.3. The van der Waals surface area contributed by atoms with E-state index >= 15 is 0 Å². The van der Waals surface area contributed by atoms with Gasteiger partial charge in [0.1, 0.15) is 5.70 Å². The summed E-state index contributed by atoms with van der Waals surface area (Å²) in [5.74, 6) is -0.656. The molecule has 0 aliphatic rings. The van der Waals surface area contributed by atoms with Gasteiger partial charge in [-0.1, -0.05) is 54.1 Å². The van der Waals surface area contributed by atoms with Gasteiger partial charge in [0.15, 0.2) is 0 Å². The van der Waals surface area contributed by atoms with Crippen LogP contribution in [0.15, 0.2) is 90.9 Å². The van der Waals surface area contributed by atoms with Gasteiger partial charge < -0.3 is 20.2 Å². The van der Waals surface area contributed by atoms with Crippen LogP contribution >= 0.6 is 0 Å². The molecule has 2 amide bonds. The van der Waals surface area contributed by atoms with Gasteiger partial charge in [0.05, 0.1) is 0 Å². The first-order valence-corrected chi connectivity index (χ1v) is 12.0. The Morgan fingerprint density at radius 1 is 0.944 bits per heavy atom. The van der Waals surface area contributed by atoms with Crippen molar-refractivity contribution in [2.75, 3.05) is 6.54 Å². The lowest BCUT2D eigenvalue weighted by Crippen LogP contribution is -2.35. The van der Waals surface area contributed by atoms with Crippen LogP contribution in [0.4, 0.5) is 0 Å². The number of aryl methyl sites for hydroxylation is 2. The fraction of sp³-hybridized carbons (Fsp3) is 0.133. The van der Waals surface area contributed by atoms with Gasteiger partial charge >= 0.3 is 0 Å². The molecule has 0 unspecified atom stereocenters. The lowest BCUT2D eigenvalue weighted by atomic mass is 10.1. The second-order valence-electron chi connectivity index (χ2n) is 8.96. The summed E-state index contributed by atoms with van der Waals surface area (Å²) in [7, 11) is 1.96. The van der Waals surface area contributed by atoms with Gasteiger partial charge in [0.2, 0.25) is 0 Å². The molecule has 2 heterocycles. The van der Waals surface area contributed by atoms with Gasteiger partial charge in [0.25, 0.3) is 11.8 Å². The zero-order valence-electron chi connectivity index (χ0n) is 20.3. The number of aromatic amines is 1. The molecule has 0 aliphatic carbocycles. The Morgan fingerprint density at radius 2 is 1.67 bits per heavy atom. The van der Waals surface area contributed by atoms with E-state index in [0.717, 1.165) is 38.5 Å². The molecule has 0 fully saturated rings. The van der Waals surface area contributed by atoms with E-state index in [4.69, 9.17) is 0 Å². The SMILES string of the molecule is Cc1ccc(C(=O)NC(=Cc2cn(C)c3ccccc23)C(=O)NCCc2c[nH]c3ccccc23)cc1. The van der Waals surface area contributed by atoms with Crippen LogP contribution in [-0.4, -0.2) is 27.9 Å². The average molecular weight is 477 g/mol. The predicted octanol–water partition coefficient (Wildman–Crippen LogP) is 5.10. The number of hydrogen-bond acceptors (Lipinski definition) is 2. The molecule has 0 spiro atoms. The number of hydrogen-bond donors (Lipinski definition) is 3. The molecule has 3 N–H and O–H groups in total. The minimum Gasteiger partial charge on any atom is -0.361 e. The summed E-state index contributed by atoms with van der Waals surface area (Å²) in [5, 5.41) is 7.98. The summed E-state index contributed by atoms with van der Waals surface area (Å²) in [4.78, 5) is 29.6. The number of para-hydroxylation sites is 2. The number of rotatable bonds is 7. The van der Waals surface area contributed by atoms with E-state index < -0.39 is 0 Å². The fourth-order valence-electron chi connectivity index (χ4n) is 4.45. The highest BCUT2D eigenvalue weighted by Gasteiger charge is 2.16. The van der Waals surface area contributed by atoms with Crippen molar-refractivity contribution in [3.8, 4) is 0 Å². The van der Waals surface area contributed by atoms with E-state index in [0.29, 0.717) is 18.5 Å². The topological polar surface area (TPSA) is 78.9 Å². The van der Waals surface area contributed by atoms with Gasteiger partial charge in [-0.15, -0.1) is 0 Å². The molecule has 0 saturated heterocycles. The molecule has 6 nitrogen and oxygen atoms in total. The summed E-state index contributed by atoms with van der Waals surface area (Å²) >= 11 is 0. The quantitative estimate of drug-likeness (QED) is 0.286. The average Bonchev–Trinajstić information content (AvgIpc) is 3.45. The molecule has 0 aliphatic heterocycles. The molecule has 5 rings (SSSR count). The largest absolute Gasteiger partial charge is 0.361 e. The monoisotopic (exact) mass is 476 g/mol. The number of amides is 2. The van der Waals surface area contributed by atoms with E-state index in [1.165, 1.54) is 0 Å². The highest BCUT2D eigenvalue weighted by atomic mass is 16.2. The number of carbonyl (C=O) groups is 2. The number of fused-ring (bicyclic) bond motifs is 2. The van der Waals surface area contributed by atoms with Crippen molar-refractivity contribution in [3.05, 3.63) is 113 Å². The van der Waals surface area contributed by atoms with Crippen molar-refractivity contribution in [1.29, 1.82) is 0 Å². The maximum Gasteiger partial charge on any atom is 0.267 e. The van der Waals surface area contributed by atoms with Gasteiger partial charge in [-0.2, -0.15) is 0 Å². The summed E-state index contributed by atoms with van der Waals surface area (Å²) < 4.78 is 2.01. The first-order chi connectivity index (χ1) is 17.5. The maximum atomic E-state index is 13.3. The molecule has 2 aromatic heterocycles. The van der Waals surface area contributed by atoms with Crippen LogP contribution in [0.1, 0.15) is 27.0 Å². The smallest absolute Gasteiger partial charge is 0.267 e. The van der Waals surface area contributed by atoms with Crippen LogP contribution in [0, 0.1) is 6.92 Å². The van der Waals surface area contributed by atoms with Crippen LogP contribution in [0.2, 0.25) is 0 Å². The third kappa shape index (κ3) is 4.79. The van der Waals surface area contributed by atoms with E-state index in [1.807, 2.05) is 85.5 Å². The van der Waals surface area contributed by atoms with Gasteiger partial charge in [-0.3, -0.25) is 9.59 Å². The number of H-pyrrole nitrogens is 1. The zero-order chi connectivity index (χ0) is 25.1. The van der Waals surface area contributed by atoms with Crippen molar-refractivity contribution in [2.45, 2.75) is 13.3 Å². The number of benzene rings is 3. The minimum absolute atomic E-state index is 0.204. The van der Waals surface area contributed by atoms with Crippen LogP contribution < -0.4 is 10.6 Å². The summed E-state index contributed by atoms with van der Waals surface area (Å²) in [5.41, 5.74) is 5.88.